The molecule has 0 spiro atoms. The van der Waals surface area contributed by atoms with Crippen LogP contribution in [0.3, 0.4) is 0 Å². The zero-order valence-corrected chi connectivity index (χ0v) is 21.0. The standard InChI is InChI=1S/C30H22ClN3O4/c1-19-7-5-9-21(17-19)33-28(35)20-8-6-10-22(18-20)32-27-26(31)29(36)34(30(27)37)23-13-15-25(16-14-23)38-24-11-3-2-4-12-24/h2-18,32H,1H3,(H,33,35). The molecule has 4 aromatic carbocycles. The van der Waals surface area contributed by atoms with Crippen molar-refractivity contribution in [3.8, 4) is 11.5 Å². The van der Waals surface area contributed by atoms with E-state index in [-0.39, 0.29) is 16.6 Å². The Kier molecular flexibility index (Phi) is 6.93. The molecular weight excluding hydrogens is 502 g/mol. The zero-order valence-electron chi connectivity index (χ0n) is 20.3. The summed E-state index contributed by atoms with van der Waals surface area (Å²) >= 11 is 6.28. The summed E-state index contributed by atoms with van der Waals surface area (Å²) in [6.07, 6.45) is 0. The lowest BCUT2D eigenvalue weighted by Gasteiger charge is -2.16. The number of benzene rings is 4. The fourth-order valence-electron chi connectivity index (χ4n) is 3.94. The minimum absolute atomic E-state index is 0.0717. The molecule has 0 atom stereocenters. The second-order valence-electron chi connectivity index (χ2n) is 8.57. The molecule has 8 heteroatoms. The lowest BCUT2D eigenvalue weighted by Crippen LogP contribution is -2.32. The van der Waals surface area contributed by atoms with E-state index < -0.39 is 11.8 Å². The van der Waals surface area contributed by atoms with E-state index >= 15 is 0 Å². The average Bonchev–Trinajstić information content (AvgIpc) is 3.13. The lowest BCUT2D eigenvalue weighted by atomic mass is 10.1. The fraction of sp³-hybridized carbons (Fsp3) is 0.0333. The Bertz CT molecular complexity index is 1570. The third kappa shape index (κ3) is 5.28. The minimum atomic E-state index is -0.649. The first-order chi connectivity index (χ1) is 18.4. The van der Waals surface area contributed by atoms with E-state index in [1.165, 1.54) is 0 Å². The summed E-state index contributed by atoms with van der Waals surface area (Å²) in [5.74, 6) is -0.347. The predicted molar refractivity (Wildman–Crippen MR) is 148 cm³/mol. The van der Waals surface area contributed by atoms with E-state index in [4.69, 9.17) is 16.3 Å². The Balaban J connectivity index is 1.30. The van der Waals surface area contributed by atoms with E-state index in [1.807, 2.05) is 55.5 Å². The summed E-state index contributed by atoms with van der Waals surface area (Å²) in [6.45, 7) is 1.94. The van der Waals surface area contributed by atoms with Crippen molar-refractivity contribution in [2.45, 2.75) is 6.92 Å². The van der Waals surface area contributed by atoms with Crippen molar-refractivity contribution in [2.24, 2.45) is 0 Å². The monoisotopic (exact) mass is 523 g/mol. The van der Waals surface area contributed by atoms with Crippen LogP contribution in [0.25, 0.3) is 0 Å². The summed E-state index contributed by atoms with van der Waals surface area (Å²) < 4.78 is 5.77. The number of carbonyl (C=O) groups excluding carboxylic acids is 3. The van der Waals surface area contributed by atoms with E-state index in [1.54, 1.807) is 54.6 Å². The number of amides is 3. The minimum Gasteiger partial charge on any atom is -0.457 e. The maximum Gasteiger partial charge on any atom is 0.283 e. The summed E-state index contributed by atoms with van der Waals surface area (Å²) in [5, 5.41) is 5.52. The van der Waals surface area contributed by atoms with Gasteiger partial charge in [-0.1, -0.05) is 48.0 Å². The molecule has 0 fully saturated rings. The smallest absolute Gasteiger partial charge is 0.283 e. The van der Waals surface area contributed by atoms with Gasteiger partial charge >= 0.3 is 0 Å². The Labute approximate surface area is 224 Å². The molecule has 7 nitrogen and oxygen atoms in total. The van der Waals surface area contributed by atoms with Gasteiger partial charge in [0.25, 0.3) is 17.7 Å². The predicted octanol–water partition coefficient (Wildman–Crippen LogP) is 6.48. The lowest BCUT2D eigenvalue weighted by molar-refractivity contribution is -0.120. The van der Waals surface area contributed by atoms with Crippen molar-refractivity contribution in [2.75, 3.05) is 15.5 Å². The Morgan fingerprint density at radius 1 is 0.763 bits per heavy atom. The number of rotatable bonds is 7. The van der Waals surface area contributed by atoms with Crippen molar-refractivity contribution in [3.63, 3.8) is 0 Å². The average molecular weight is 524 g/mol. The van der Waals surface area contributed by atoms with Gasteiger partial charge in [0.1, 0.15) is 22.2 Å². The fourth-order valence-corrected chi connectivity index (χ4v) is 4.15. The van der Waals surface area contributed by atoms with Gasteiger partial charge in [0.15, 0.2) is 0 Å². The number of nitrogens with zero attached hydrogens (tertiary/aromatic N) is 1. The van der Waals surface area contributed by atoms with Crippen LogP contribution in [-0.2, 0) is 9.59 Å². The Morgan fingerprint density at radius 2 is 1.45 bits per heavy atom. The number of imide groups is 1. The first kappa shape index (κ1) is 24.8. The molecule has 2 N–H and O–H groups in total. The molecule has 5 rings (SSSR count). The Morgan fingerprint density at radius 3 is 2.18 bits per heavy atom. The molecule has 0 aliphatic carbocycles. The molecule has 0 radical (unpaired) electrons. The molecule has 0 saturated heterocycles. The molecule has 38 heavy (non-hydrogen) atoms. The number of ether oxygens (including phenoxy) is 1. The highest BCUT2D eigenvalue weighted by molar-refractivity contribution is 6.53. The number of hydrogen-bond donors (Lipinski definition) is 2. The van der Waals surface area contributed by atoms with Crippen LogP contribution in [0.5, 0.6) is 11.5 Å². The molecule has 1 aliphatic rings. The zero-order chi connectivity index (χ0) is 26.6. The molecule has 4 aromatic rings. The second kappa shape index (κ2) is 10.6. The van der Waals surface area contributed by atoms with Gasteiger partial charge in [-0.2, -0.15) is 0 Å². The Hall–Kier alpha value is -4.88. The van der Waals surface area contributed by atoms with Crippen LogP contribution in [0, 0.1) is 6.92 Å². The van der Waals surface area contributed by atoms with E-state index in [2.05, 4.69) is 10.6 Å². The van der Waals surface area contributed by atoms with Gasteiger partial charge in [0.2, 0.25) is 0 Å². The van der Waals surface area contributed by atoms with Crippen LogP contribution in [-0.4, -0.2) is 17.7 Å². The molecule has 0 saturated carbocycles. The molecule has 1 heterocycles. The maximum atomic E-state index is 13.2. The number of hydrogen-bond acceptors (Lipinski definition) is 5. The van der Waals surface area contributed by atoms with Gasteiger partial charge in [-0.15, -0.1) is 0 Å². The van der Waals surface area contributed by atoms with Gasteiger partial charge in [0.05, 0.1) is 5.69 Å². The highest BCUT2D eigenvalue weighted by Crippen LogP contribution is 2.32. The molecule has 1 aliphatic heterocycles. The van der Waals surface area contributed by atoms with Crippen molar-refractivity contribution in [1.82, 2.24) is 0 Å². The third-order valence-electron chi connectivity index (χ3n) is 5.77. The summed E-state index contributed by atoms with van der Waals surface area (Å²) in [5.41, 5.74) is 2.78. The SMILES string of the molecule is Cc1cccc(NC(=O)c2cccc(NC3=C(Cl)C(=O)N(c4ccc(Oc5ccccc5)cc4)C3=O)c2)c1. The number of carbonyl (C=O) groups is 3. The number of nitrogens with one attached hydrogen (secondary N) is 2. The number of halogens is 1. The third-order valence-corrected chi connectivity index (χ3v) is 6.12. The summed E-state index contributed by atoms with van der Waals surface area (Å²) in [4.78, 5) is 39.8. The quantitative estimate of drug-likeness (QED) is 0.271. The van der Waals surface area contributed by atoms with Crippen LogP contribution in [0.4, 0.5) is 17.1 Å². The van der Waals surface area contributed by atoms with Crippen LogP contribution in [0.1, 0.15) is 15.9 Å². The van der Waals surface area contributed by atoms with Gasteiger partial charge in [-0.3, -0.25) is 14.4 Å². The van der Waals surface area contributed by atoms with Gasteiger partial charge < -0.3 is 15.4 Å². The molecule has 0 bridgehead atoms. The molecule has 0 aromatic heterocycles. The first-order valence-electron chi connectivity index (χ1n) is 11.8. The van der Waals surface area contributed by atoms with Gasteiger partial charge in [-0.05, 0) is 79.2 Å². The van der Waals surface area contributed by atoms with Crippen LogP contribution in [0.2, 0.25) is 0 Å². The molecule has 3 amide bonds. The van der Waals surface area contributed by atoms with E-state index in [0.717, 1.165) is 10.5 Å². The topological polar surface area (TPSA) is 87.7 Å². The van der Waals surface area contributed by atoms with Crippen LogP contribution < -0.4 is 20.3 Å². The van der Waals surface area contributed by atoms with Gasteiger partial charge in [-0.25, -0.2) is 4.90 Å². The van der Waals surface area contributed by atoms with Crippen molar-refractivity contribution in [3.05, 3.63) is 125 Å². The largest absolute Gasteiger partial charge is 0.457 e. The molecule has 0 unspecified atom stereocenters. The number of aryl methyl sites for hydroxylation is 1. The molecular formula is C30H22ClN3O4. The van der Waals surface area contributed by atoms with Gasteiger partial charge in [0, 0.05) is 16.9 Å². The van der Waals surface area contributed by atoms with Crippen LogP contribution >= 0.6 is 11.6 Å². The highest BCUT2D eigenvalue weighted by atomic mass is 35.5. The highest BCUT2D eigenvalue weighted by Gasteiger charge is 2.39. The first-order valence-corrected chi connectivity index (χ1v) is 12.1. The van der Waals surface area contributed by atoms with E-state index in [0.29, 0.717) is 34.1 Å². The van der Waals surface area contributed by atoms with Crippen molar-refractivity contribution < 1.29 is 19.1 Å². The van der Waals surface area contributed by atoms with Crippen molar-refractivity contribution in [1.29, 1.82) is 0 Å². The molecule has 188 valence electrons. The summed E-state index contributed by atoms with van der Waals surface area (Å²) in [6, 6.07) is 29.8. The maximum absolute atomic E-state index is 13.2. The summed E-state index contributed by atoms with van der Waals surface area (Å²) in [7, 11) is 0. The van der Waals surface area contributed by atoms with Crippen molar-refractivity contribution >= 4 is 46.4 Å². The van der Waals surface area contributed by atoms with Crippen LogP contribution in [0.15, 0.2) is 114 Å². The van der Waals surface area contributed by atoms with E-state index in [9.17, 15) is 14.4 Å². The normalized spacial score (nSPS) is 13.1. The number of anilines is 3. The second-order valence-corrected chi connectivity index (χ2v) is 8.95. The number of para-hydroxylation sites is 1.